The molecule has 15 unspecified atom stereocenters. The van der Waals surface area contributed by atoms with Crippen molar-refractivity contribution in [1.29, 1.82) is 0 Å². The van der Waals surface area contributed by atoms with Gasteiger partial charge in [-0.2, -0.15) is 0 Å². The summed E-state index contributed by atoms with van der Waals surface area (Å²) in [6, 6.07) is 52.6. The lowest BCUT2D eigenvalue weighted by molar-refractivity contribution is -0.162. The molecule has 7 aromatic carbocycles. The molecule has 15 atom stereocenters. The smallest absolute Gasteiger partial charge is 0.325 e. The van der Waals surface area contributed by atoms with E-state index in [2.05, 4.69) is 157 Å². The van der Waals surface area contributed by atoms with Crippen LogP contribution in [0.2, 0.25) is 0 Å². The van der Waals surface area contributed by atoms with Gasteiger partial charge >= 0.3 is 35.8 Å². The molecule has 0 amide bonds. The Hall–Kier alpha value is -8.71. The minimum Gasteiger partial charge on any atom is -0.426 e. The predicted molar refractivity (Wildman–Crippen MR) is 547 cm³/mol. The van der Waals surface area contributed by atoms with Gasteiger partial charge in [-0.15, -0.1) is 0 Å². The van der Waals surface area contributed by atoms with Crippen LogP contribution < -0.4 is 28.4 Å². The lowest BCUT2D eigenvalue weighted by Gasteiger charge is -2.55. The van der Waals surface area contributed by atoms with Crippen LogP contribution in [0.15, 0.2) is 158 Å². The first-order chi connectivity index (χ1) is 65.2. The molecule has 25 rings (SSSR count). The summed E-state index contributed by atoms with van der Waals surface area (Å²) in [6.07, 6.45) is 38.7. The van der Waals surface area contributed by atoms with E-state index in [1.165, 1.54) is 123 Å². The second-order valence-electron chi connectivity index (χ2n) is 47.9. The number of rotatable bonds is 24. The average molecular weight is 1860 g/mol. The number of ketones is 1. The highest BCUT2D eigenvalue weighted by atomic mass is 16.6. The fraction of sp³-hybridized carbons (Fsp3) is 0.621. The highest BCUT2D eigenvalue weighted by Crippen LogP contribution is 2.67. The number of esters is 6. The molecule has 0 spiro atoms. The summed E-state index contributed by atoms with van der Waals surface area (Å²) in [7, 11) is 0. The molecule has 0 aliphatic heterocycles. The summed E-state index contributed by atoms with van der Waals surface area (Å²) in [4.78, 5) is 89.4. The maximum Gasteiger partial charge on any atom is 0.325 e. The van der Waals surface area contributed by atoms with Gasteiger partial charge in [-0.3, -0.25) is 33.6 Å². The second kappa shape index (κ2) is 42.2. The van der Waals surface area contributed by atoms with Gasteiger partial charge in [0.1, 0.15) is 39.9 Å². The van der Waals surface area contributed by atoms with Crippen molar-refractivity contribution in [3.8, 4) is 34.5 Å². The van der Waals surface area contributed by atoms with Crippen LogP contribution in [0.5, 0.6) is 34.5 Å². The molecule has 0 N–H and O–H groups in total. The Kier molecular flexibility index (Phi) is 31.2. The van der Waals surface area contributed by atoms with Gasteiger partial charge in [0, 0.05) is 11.8 Å². The normalized spacial score (nSPS) is 31.9. The molecule has 13 heteroatoms. The molecule has 137 heavy (non-hydrogen) atoms. The largest absolute Gasteiger partial charge is 0.426 e. The van der Waals surface area contributed by atoms with E-state index in [0.717, 1.165) is 215 Å². The number of benzene rings is 7. The minimum absolute atomic E-state index is 0. The van der Waals surface area contributed by atoms with E-state index in [-0.39, 0.29) is 87.9 Å². The zero-order chi connectivity index (χ0) is 95.9. The number of ether oxygens (including phenoxy) is 6. The Bertz CT molecular complexity index is 5340. The maximum absolute atomic E-state index is 13.4. The summed E-state index contributed by atoms with van der Waals surface area (Å²) >= 11 is 0. The lowest BCUT2D eigenvalue weighted by atomic mass is 9.49. The number of para-hydroxylation sites is 1. The van der Waals surface area contributed by atoms with E-state index in [0.29, 0.717) is 71.7 Å². The zero-order valence-corrected chi connectivity index (χ0v) is 85.0. The first kappa shape index (κ1) is 101. The van der Waals surface area contributed by atoms with Crippen molar-refractivity contribution in [2.75, 3.05) is 0 Å². The summed E-state index contributed by atoms with van der Waals surface area (Å²) in [5, 5.41) is 2.30. The quantitative estimate of drug-likeness (QED) is 0.0318. The molecule has 18 fully saturated rings. The molecule has 18 saturated carbocycles. The third kappa shape index (κ3) is 21.2. The molecular formula is C124H164O13. The van der Waals surface area contributed by atoms with E-state index in [9.17, 15) is 33.6 Å². The summed E-state index contributed by atoms with van der Waals surface area (Å²) in [5.74, 6) is 16.8. The Morgan fingerprint density at radius 1 is 0.350 bits per heavy atom. The van der Waals surface area contributed by atoms with Crippen molar-refractivity contribution in [1.82, 2.24) is 0 Å². The topological polar surface area (TPSA) is 175 Å². The van der Waals surface area contributed by atoms with Crippen LogP contribution in [0.3, 0.4) is 0 Å². The summed E-state index contributed by atoms with van der Waals surface area (Å²) in [5.41, 5.74) is 5.92. The van der Waals surface area contributed by atoms with E-state index < -0.39 is 5.41 Å². The van der Waals surface area contributed by atoms with E-state index >= 15 is 0 Å². The van der Waals surface area contributed by atoms with Crippen molar-refractivity contribution < 1.29 is 62.0 Å². The van der Waals surface area contributed by atoms with Crippen molar-refractivity contribution in [3.63, 3.8) is 0 Å². The molecule has 0 heterocycles. The van der Waals surface area contributed by atoms with Crippen LogP contribution in [0.4, 0.5) is 0 Å². The van der Waals surface area contributed by atoms with Gasteiger partial charge in [0.25, 0.3) is 0 Å². The minimum atomic E-state index is -0.940. The molecule has 0 radical (unpaired) electrons. The Morgan fingerprint density at radius 2 is 0.737 bits per heavy atom. The van der Waals surface area contributed by atoms with Crippen molar-refractivity contribution in [2.24, 2.45) is 122 Å². The fourth-order valence-corrected chi connectivity index (χ4v) is 30.0. The maximum atomic E-state index is 13.4. The lowest BCUT2D eigenvalue weighted by Crippen LogP contribution is -2.51. The number of carbonyl (C=O) groups is 7. The SMILES string of the molecule is C.CCC(C)(C)c1ccc(OC(=O)C2CC3CCC2C3)cc1.CCC(C)c1ccc(OC(=O)C23CC4CC(CC(C4)C2)C3)c2ccccc12.CCC(C)c1cccc(OC(=O)C23CC4CC(C2)C(C4)C3)c1.CCC(C)c1cccc(OC(=O)C23CCC(CC2=O)C3(C)C)c1.CCC(C)c1cccc(OC(=O)C2CC3CCC2C3)c1.CCC(C)c1ccccc1OC(=O)C12CC3CC(CC(C3)C1)C2. The number of Topliss-reactive ketones (excluding diaryl/α,β-unsaturated/α-hetero) is 1. The Morgan fingerprint density at radius 3 is 1.15 bits per heavy atom. The van der Waals surface area contributed by atoms with Gasteiger partial charge in [0.2, 0.25) is 0 Å². The molecule has 18 aliphatic rings. The van der Waals surface area contributed by atoms with E-state index in [1.807, 2.05) is 98.8 Å². The molecule has 0 aromatic heterocycles. The van der Waals surface area contributed by atoms with Gasteiger partial charge in [0.15, 0.2) is 5.78 Å². The monoisotopic (exact) mass is 1860 g/mol. The third-order valence-electron chi connectivity index (χ3n) is 38.7. The van der Waals surface area contributed by atoms with Crippen LogP contribution in [-0.2, 0) is 39.0 Å². The van der Waals surface area contributed by atoms with Crippen LogP contribution in [0.1, 0.15) is 393 Å². The highest BCUT2D eigenvalue weighted by Gasteiger charge is 2.70. The Labute approximate surface area is 821 Å². The van der Waals surface area contributed by atoms with Crippen LogP contribution in [0, 0.1) is 122 Å². The molecule has 0 saturated heterocycles. The molecule has 738 valence electrons. The molecule has 13 nitrogen and oxygen atoms in total. The highest BCUT2D eigenvalue weighted by molar-refractivity contribution is 6.08. The first-order valence-corrected chi connectivity index (χ1v) is 54.1. The van der Waals surface area contributed by atoms with E-state index in [1.54, 1.807) is 6.07 Å². The standard InChI is InChI=1S/C25H30O2.C21H28O2.C20H26O3.C20H26O2.C19H26O2.C18H24O2.CH4/c1-3-16(2)20-8-9-23(22-7-5-4-6-21(20)22)27-24(26)25-13-17-10-18(14-25)12-19(11-17)15-25;1-3-14(2)18-6-4-5-7-19(18)23-20(22)21-11-15-8-16(12-21)10-17(9-15)13-21;1-5-13(2)14-7-6-8-16(11-14)23-18(22)20-10-9-15(12-17(20)21)19(20,3)4;1-3-13(2)15-5-4-6-18(9-15)22-19(21)20-10-14-7-16(11-20)17(8-14)12-20;1-4-19(2,3)15-7-9-16(10-8-15)21-18(20)17-12-13-5-6-14(17)11-13;1-3-12(2)14-5-4-6-16(11-14)20-18(19)17-10-13-7-8-15(17)9-13;/h4-9,16-19H,3,10-15H2,1-2H3;4-7,14-17H,3,8-13H2,1-2H3;6-8,11,13,15H,5,9-10,12H2,1-4H3;4-6,9,13-14,16-17H,3,7-8,10-12H2,1-2H3;7-10,13-14,17H,4-6,11-12H2,1-3H3;4-6,11-13,15,17H,3,7-10H2,1-2H3;1H4. The molecule has 18 aliphatic carbocycles. The average Bonchev–Trinajstić information content (AvgIpc) is 1.54. The third-order valence-corrected chi connectivity index (χ3v) is 38.7. The van der Waals surface area contributed by atoms with Gasteiger partial charge in [-0.1, -0.05) is 221 Å². The van der Waals surface area contributed by atoms with Crippen molar-refractivity contribution in [3.05, 3.63) is 191 Å². The number of fused-ring (bicyclic) bond motifs is 7. The van der Waals surface area contributed by atoms with Gasteiger partial charge in [0.05, 0.1) is 28.1 Å². The molecular weight excluding hydrogens is 1700 g/mol. The number of hydrogen-bond donors (Lipinski definition) is 0. The predicted octanol–water partition coefficient (Wildman–Crippen LogP) is 31.1. The van der Waals surface area contributed by atoms with Crippen molar-refractivity contribution >= 4 is 52.4 Å². The molecule has 7 aromatic rings. The summed E-state index contributed by atoms with van der Waals surface area (Å²) in [6.45, 7) is 32.7. The summed E-state index contributed by atoms with van der Waals surface area (Å²) < 4.78 is 35.0. The van der Waals surface area contributed by atoms with Crippen LogP contribution in [-0.4, -0.2) is 41.6 Å². The zero-order valence-electron chi connectivity index (χ0n) is 85.0. The number of hydrogen-bond acceptors (Lipinski definition) is 13. The Balaban J connectivity index is 0.000000119. The second-order valence-corrected chi connectivity index (χ2v) is 47.9. The van der Waals surface area contributed by atoms with Gasteiger partial charge in [-0.05, 0) is 422 Å². The fourth-order valence-electron chi connectivity index (χ4n) is 30.0. The number of carbonyl (C=O) groups excluding carboxylic acids is 7. The van der Waals surface area contributed by atoms with Gasteiger partial charge in [-0.25, -0.2) is 0 Å². The van der Waals surface area contributed by atoms with Gasteiger partial charge < -0.3 is 28.4 Å². The van der Waals surface area contributed by atoms with E-state index in [4.69, 9.17) is 28.4 Å². The van der Waals surface area contributed by atoms with Crippen LogP contribution in [0.25, 0.3) is 10.8 Å². The molecule has 18 bridgehead atoms. The van der Waals surface area contributed by atoms with Crippen LogP contribution >= 0.6 is 0 Å². The van der Waals surface area contributed by atoms with Crippen molar-refractivity contribution in [2.45, 2.75) is 365 Å². The first-order valence-electron chi connectivity index (χ1n) is 54.1.